The number of morpholine rings is 1. The third-order valence-corrected chi connectivity index (χ3v) is 4.91. The summed E-state index contributed by atoms with van der Waals surface area (Å²) in [5.74, 6) is -0.240. The lowest BCUT2D eigenvalue weighted by Crippen LogP contribution is -2.38. The fourth-order valence-electron chi connectivity index (χ4n) is 2.70. The van der Waals surface area contributed by atoms with Gasteiger partial charge in [-0.2, -0.15) is 0 Å². The number of nitrogens with zero attached hydrogens (tertiary/aromatic N) is 2. The van der Waals surface area contributed by atoms with Crippen LogP contribution in [0.3, 0.4) is 0 Å². The number of aromatic nitrogens is 1. The van der Waals surface area contributed by atoms with E-state index >= 15 is 0 Å². The average molecular weight is 362 g/mol. The highest BCUT2D eigenvalue weighted by molar-refractivity contribution is 7.22. The Morgan fingerprint density at radius 1 is 1.32 bits per heavy atom. The number of hydrogen-bond acceptors (Lipinski definition) is 6. The summed E-state index contributed by atoms with van der Waals surface area (Å²) < 4.78 is 6.20. The summed E-state index contributed by atoms with van der Waals surface area (Å²) >= 11 is 1.36. The normalized spacial score (nSPS) is 15.2. The van der Waals surface area contributed by atoms with E-state index in [1.165, 1.54) is 18.3 Å². The van der Waals surface area contributed by atoms with Crippen LogP contribution in [0.1, 0.15) is 23.7 Å². The van der Waals surface area contributed by atoms with Crippen molar-refractivity contribution in [3.63, 3.8) is 0 Å². The Labute approximate surface area is 150 Å². The van der Waals surface area contributed by atoms with E-state index in [1.807, 2.05) is 6.07 Å². The second-order valence-corrected chi connectivity index (χ2v) is 6.98. The van der Waals surface area contributed by atoms with Gasteiger partial charge in [-0.15, -0.1) is 0 Å². The topological polar surface area (TPSA) is 83.6 Å². The molecule has 2 heterocycles. The van der Waals surface area contributed by atoms with Crippen LogP contribution in [0, 0.1) is 0 Å². The summed E-state index contributed by atoms with van der Waals surface area (Å²) in [5.41, 5.74) is 1.38. The van der Waals surface area contributed by atoms with E-state index in [0.717, 1.165) is 49.5 Å². The molecule has 0 spiro atoms. The van der Waals surface area contributed by atoms with Gasteiger partial charge in [-0.3, -0.25) is 14.5 Å². The van der Waals surface area contributed by atoms with Gasteiger partial charge >= 0.3 is 0 Å². The molecule has 0 atom stereocenters. The van der Waals surface area contributed by atoms with Crippen molar-refractivity contribution in [3.05, 3.63) is 23.8 Å². The van der Waals surface area contributed by atoms with E-state index < -0.39 is 0 Å². The van der Waals surface area contributed by atoms with Crippen LogP contribution in [-0.2, 0) is 9.53 Å². The fourth-order valence-corrected chi connectivity index (χ4v) is 3.65. The number of thiazole rings is 1. The molecule has 0 unspecified atom stereocenters. The smallest absolute Gasteiger partial charge is 0.251 e. The molecular formula is C17H22N4O3S. The van der Waals surface area contributed by atoms with E-state index in [1.54, 1.807) is 12.1 Å². The first kappa shape index (κ1) is 17.8. The van der Waals surface area contributed by atoms with Crippen molar-refractivity contribution >= 4 is 38.5 Å². The molecule has 3 rings (SSSR count). The first-order valence-corrected chi connectivity index (χ1v) is 9.20. The lowest BCUT2D eigenvalue weighted by molar-refractivity contribution is -0.114. The quantitative estimate of drug-likeness (QED) is 0.765. The van der Waals surface area contributed by atoms with Gasteiger partial charge in [0.15, 0.2) is 5.13 Å². The van der Waals surface area contributed by atoms with Gasteiger partial charge in [0.05, 0.1) is 23.4 Å². The van der Waals surface area contributed by atoms with E-state index in [0.29, 0.717) is 17.2 Å². The summed E-state index contributed by atoms with van der Waals surface area (Å²) in [5, 5.41) is 6.18. The van der Waals surface area contributed by atoms with Crippen molar-refractivity contribution in [2.45, 2.75) is 13.3 Å². The van der Waals surface area contributed by atoms with Gasteiger partial charge in [-0.05, 0) is 31.2 Å². The van der Waals surface area contributed by atoms with Crippen LogP contribution in [0.25, 0.3) is 10.2 Å². The molecule has 2 N–H and O–H groups in total. The van der Waals surface area contributed by atoms with Gasteiger partial charge in [-0.25, -0.2) is 4.98 Å². The highest BCUT2D eigenvalue weighted by Gasteiger charge is 2.12. The standard InChI is InChI=1S/C17H22N4O3S/c1-12(22)19-17-20-14-4-3-13(11-15(14)25-17)16(23)18-5-2-6-21-7-9-24-10-8-21/h3-4,11H,2,5-10H2,1H3,(H,18,23)(H,19,20,22). The highest BCUT2D eigenvalue weighted by Crippen LogP contribution is 2.26. The van der Waals surface area contributed by atoms with Gasteiger partial charge < -0.3 is 15.4 Å². The SMILES string of the molecule is CC(=O)Nc1nc2ccc(C(=O)NCCCN3CCOCC3)cc2s1. The largest absolute Gasteiger partial charge is 0.379 e. The molecule has 0 aliphatic carbocycles. The molecule has 1 aliphatic rings. The monoisotopic (exact) mass is 362 g/mol. The number of nitrogens with one attached hydrogen (secondary N) is 2. The molecule has 25 heavy (non-hydrogen) atoms. The van der Waals surface area contributed by atoms with Crippen molar-refractivity contribution < 1.29 is 14.3 Å². The van der Waals surface area contributed by atoms with Crippen LogP contribution in [0.15, 0.2) is 18.2 Å². The number of carbonyl (C=O) groups is 2. The number of ether oxygens (including phenoxy) is 1. The van der Waals surface area contributed by atoms with Gasteiger partial charge in [0, 0.05) is 32.1 Å². The maximum atomic E-state index is 12.3. The maximum absolute atomic E-state index is 12.3. The molecule has 7 nitrogen and oxygen atoms in total. The number of carbonyl (C=O) groups excluding carboxylic acids is 2. The van der Waals surface area contributed by atoms with Crippen LogP contribution in [0.4, 0.5) is 5.13 Å². The first-order chi connectivity index (χ1) is 12.1. The number of benzene rings is 1. The molecule has 1 aromatic heterocycles. The summed E-state index contributed by atoms with van der Waals surface area (Å²) in [4.78, 5) is 30.1. The molecule has 0 bridgehead atoms. The summed E-state index contributed by atoms with van der Waals surface area (Å²) in [7, 11) is 0. The van der Waals surface area contributed by atoms with Crippen molar-refractivity contribution in [1.29, 1.82) is 0 Å². The lowest BCUT2D eigenvalue weighted by Gasteiger charge is -2.26. The Morgan fingerprint density at radius 2 is 2.12 bits per heavy atom. The average Bonchev–Trinajstić information content (AvgIpc) is 3.00. The third kappa shape index (κ3) is 4.97. The summed E-state index contributed by atoms with van der Waals surface area (Å²) in [6, 6.07) is 5.38. The second-order valence-electron chi connectivity index (χ2n) is 5.95. The molecule has 1 aliphatic heterocycles. The van der Waals surface area contributed by atoms with Gasteiger partial charge in [0.2, 0.25) is 5.91 Å². The van der Waals surface area contributed by atoms with E-state index in [-0.39, 0.29) is 11.8 Å². The minimum absolute atomic E-state index is 0.0849. The Morgan fingerprint density at radius 3 is 2.88 bits per heavy atom. The number of rotatable bonds is 6. The summed E-state index contributed by atoms with van der Waals surface area (Å²) in [6.45, 7) is 6.58. The Kier molecular flexibility index (Phi) is 5.95. The third-order valence-electron chi connectivity index (χ3n) is 3.97. The van der Waals surface area contributed by atoms with Crippen LogP contribution in [-0.4, -0.2) is 61.1 Å². The predicted octanol–water partition coefficient (Wildman–Crippen LogP) is 1.71. The zero-order valence-corrected chi connectivity index (χ0v) is 15.0. The number of amides is 2. The molecule has 2 amide bonds. The van der Waals surface area contributed by atoms with Crippen LogP contribution in [0.5, 0.6) is 0 Å². The summed E-state index contributed by atoms with van der Waals surface area (Å²) in [6.07, 6.45) is 0.918. The number of fused-ring (bicyclic) bond motifs is 1. The molecular weight excluding hydrogens is 340 g/mol. The zero-order chi connectivity index (χ0) is 17.6. The number of anilines is 1. The van der Waals surface area contributed by atoms with Crippen LogP contribution in [0.2, 0.25) is 0 Å². The molecule has 1 saturated heterocycles. The molecule has 1 fully saturated rings. The van der Waals surface area contributed by atoms with Crippen molar-refractivity contribution in [2.75, 3.05) is 44.7 Å². The van der Waals surface area contributed by atoms with Gasteiger partial charge in [0.1, 0.15) is 0 Å². The molecule has 2 aromatic rings. The first-order valence-electron chi connectivity index (χ1n) is 8.38. The lowest BCUT2D eigenvalue weighted by atomic mass is 10.2. The van der Waals surface area contributed by atoms with Crippen molar-refractivity contribution in [3.8, 4) is 0 Å². The number of hydrogen-bond donors (Lipinski definition) is 2. The van der Waals surface area contributed by atoms with Gasteiger partial charge in [0.25, 0.3) is 5.91 Å². The van der Waals surface area contributed by atoms with E-state index in [9.17, 15) is 9.59 Å². The minimum Gasteiger partial charge on any atom is -0.379 e. The Balaban J connectivity index is 1.51. The van der Waals surface area contributed by atoms with Crippen LogP contribution >= 0.6 is 11.3 Å². The minimum atomic E-state index is -0.155. The van der Waals surface area contributed by atoms with Crippen molar-refractivity contribution in [2.24, 2.45) is 0 Å². The second kappa shape index (κ2) is 8.37. The van der Waals surface area contributed by atoms with E-state index in [4.69, 9.17) is 4.74 Å². The molecule has 134 valence electrons. The molecule has 0 radical (unpaired) electrons. The van der Waals surface area contributed by atoms with Gasteiger partial charge in [-0.1, -0.05) is 11.3 Å². The molecule has 1 aromatic carbocycles. The van der Waals surface area contributed by atoms with Crippen molar-refractivity contribution in [1.82, 2.24) is 15.2 Å². The zero-order valence-electron chi connectivity index (χ0n) is 14.2. The maximum Gasteiger partial charge on any atom is 0.251 e. The van der Waals surface area contributed by atoms with E-state index in [2.05, 4.69) is 20.5 Å². The Bertz CT molecular complexity index is 755. The van der Waals surface area contributed by atoms with Crippen LogP contribution < -0.4 is 10.6 Å². The molecule has 0 saturated carbocycles. The molecule has 8 heteroatoms. The highest BCUT2D eigenvalue weighted by atomic mass is 32.1. The fraction of sp³-hybridized carbons (Fsp3) is 0.471. The Hall–Kier alpha value is -2.03. The predicted molar refractivity (Wildman–Crippen MR) is 98.1 cm³/mol.